The number of amides is 1. The third-order valence-corrected chi connectivity index (χ3v) is 15.0. The fourth-order valence-electron chi connectivity index (χ4n) is 10.1. The predicted molar refractivity (Wildman–Crippen MR) is 286 cm³/mol. The molecule has 0 aromatic carbocycles. The number of aliphatic hydroxyl groups excluding tert-OH is 11. The molecule has 446 valence electrons. The second-order valence-electron chi connectivity index (χ2n) is 21.5. The number of unbranched alkanes of at least 4 members (excludes halogenated alkanes) is 25. The Bertz CT molecular complexity index is 1490. The van der Waals surface area contributed by atoms with Crippen molar-refractivity contribution in [3.8, 4) is 0 Å². The molecule has 0 spiro atoms. The number of allylic oxidation sites excluding steroid dienone is 3. The highest BCUT2D eigenvalue weighted by molar-refractivity contribution is 5.76. The first-order chi connectivity index (χ1) is 36.8. The van der Waals surface area contributed by atoms with Crippen LogP contribution in [0, 0.1) is 0 Å². The average Bonchev–Trinajstić information content (AvgIpc) is 3.41. The van der Waals surface area contributed by atoms with Crippen molar-refractivity contribution in [2.24, 2.45) is 0 Å². The minimum absolute atomic E-state index is 0.239. The molecular weight excluding hydrogens is 987 g/mol. The van der Waals surface area contributed by atoms with Gasteiger partial charge in [-0.3, -0.25) is 4.79 Å². The summed E-state index contributed by atoms with van der Waals surface area (Å²) in [5.41, 5.74) is 0. The van der Waals surface area contributed by atoms with E-state index in [1.165, 1.54) is 128 Å². The lowest BCUT2D eigenvalue weighted by molar-refractivity contribution is -0.379. The molecule has 17 atom stereocenters. The molecule has 17 unspecified atom stereocenters. The minimum atomic E-state index is -1.98. The number of hydrogen-bond donors (Lipinski definition) is 12. The van der Waals surface area contributed by atoms with Crippen LogP contribution < -0.4 is 5.32 Å². The van der Waals surface area contributed by atoms with Gasteiger partial charge in [0.05, 0.1) is 38.6 Å². The van der Waals surface area contributed by atoms with Crippen LogP contribution in [-0.4, -0.2) is 193 Å². The Morgan fingerprint density at radius 1 is 0.461 bits per heavy atom. The highest BCUT2D eigenvalue weighted by Gasteiger charge is 2.53. The van der Waals surface area contributed by atoms with Gasteiger partial charge in [0.15, 0.2) is 18.9 Å². The van der Waals surface area contributed by atoms with Gasteiger partial charge in [-0.15, -0.1) is 0 Å². The Labute approximate surface area is 454 Å². The number of rotatable bonds is 43. The molecule has 3 heterocycles. The number of ether oxygens (including phenoxy) is 6. The van der Waals surface area contributed by atoms with Crippen molar-refractivity contribution in [2.45, 2.75) is 304 Å². The van der Waals surface area contributed by atoms with Gasteiger partial charge in [-0.05, 0) is 32.1 Å². The monoisotopic (exact) mass is 1090 g/mol. The van der Waals surface area contributed by atoms with Gasteiger partial charge in [-0.1, -0.05) is 186 Å². The van der Waals surface area contributed by atoms with Crippen molar-refractivity contribution in [1.29, 1.82) is 0 Å². The maximum Gasteiger partial charge on any atom is 0.220 e. The highest BCUT2D eigenvalue weighted by atomic mass is 16.8. The Morgan fingerprint density at radius 2 is 0.842 bits per heavy atom. The number of aliphatic hydroxyl groups is 11. The summed E-state index contributed by atoms with van der Waals surface area (Å²) in [7, 11) is 0. The Kier molecular flexibility index (Phi) is 37.2. The van der Waals surface area contributed by atoms with Crippen LogP contribution in [-0.2, 0) is 33.2 Å². The molecule has 3 aliphatic heterocycles. The summed E-state index contributed by atoms with van der Waals surface area (Å²) >= 11 is 0. The summed E-state index contributed by atoms with van der Waals surface area (Å²) in [6, 6.07) is -0.984. The van der Waals surface area contributed by atoms with Crippen molar-refractivity contribution < 1.29 is 89.4 Å². The molecule has 19 nitrogen and oxygen atoms in total. The summed E-state index contributed by atoms with van der Waals surface area (Å²) in [5.74, 6) is -0.285. The largest absolute Gasteiger partial charge is 0.394 e. The van der Waals surface area contributed by atoms with Crippen LogP contribution in [0.5, 0.6) is 0 Å². The van der Waals surface area contributed by atoms with E-state index < -0.39 is 124 Å². The first-order valence-electron chi connectivity index (χ1n) is 29.6. The summed E-state index contributed by atoms with van der Waals surface area (Å²) < 4.78 is 34.2. The highest BCUT2D eigenvalue weighted by Crippen LogP contribution is 2.33. The van der Waals surface area contributed by atoms with Crippen molar-refractivity contribution in [1.82, 2.24) is 5.32 Å². The SMILES string of the molecule is CCCCCCCCCCCCCC/C=C/CC/C=C/C(O)C(COC1OC(CO)C(OC2OC(CO)C(OC3OC(CO)C(O)C(O)C3O)C(O)C2O)C(O)C1O)NC(=O)CCCCCCCCCCCCCCC. The van der Waals surface area contributed by atoms with Gasteiger partial charge in [0, 0.05) is 6.42 Å². The first-order valence-corrected chi connectivity index (χ1v) is 29.6. The zero-order valence-corrected chi connectivity index (χ0v) is 46.2. The maximum absolute atomic E-state index is 13.3. The molecular formula is C57H105NO18. The second-order valence-corrected chi connectivity index (χ2v) is 21.5. The summed E-state index contributed by atoms with van der Waals surface area (Å²) in [4.78, 5) is 13.3. The molecule has 0 aromatic rings. The first kappa shape index (κ1) is 68.5. The van der Waals surface area contributed by atoms with Gasteiger partial charge in [0.1, 0.15) is 73.2 Å². The van der Waals surface area contributed by atoms with E-state index in [0.29, 0.717) is 12.8 Å². The lowest BCUT2D eigenvalue weighted by Gasteiger charge is -2.48. The number of hydrogen-bond acceptors (Lipinski definition) is 18. The van der Waals surface area contributed by atoms with Crippen LogP contribution in [0.1, 0.15) is 200 Å². The zero-order chi connectivity index (χ0) is 55.5. The van der Waals surface area contributed by atoms with E-state index in [2.05, 4.69) is 31.3 Å². The van der Waals surface area contributed by atoms with Crippen molar-refractivity contribution in [2.75, 3.05) is 26.4 Å². The molecule has 3 fully saturated rings. The molecule has 19 heteroatoms. The van der Waals surface area contributed by atoms with E-state index in [9.17, 15) is 61.0 Å². The molecule has 3 saturated heterocycles. The average molecular weight is 1090 g/mol. The van der Waals surface area contributed by atoms with Crippen LogP contribution in [0.2, 0.25) is 0 Å². The number of nitrogens with one attached hydrogen (secondary N) is 1. The summed E-state index contributed by atoms with van der Waals surface area (Å²) in [5, 5.41) is 120. The Balaban J connectivity index is 1.53. The van der Waals surface area contributed by atoms with Gasteiger partial charge in [0.2, 0.25) is 5.91 Å². The third-order valence-electron chi connectivity index (χ3n) is 15.0. The van der Waals surface area contributed by atoms with Crippen LogP contribution in [0.4, 0.5) is 0 Å². The standard InChI is InChI=1S/C57H105NO18/c1-3-5-7-9-11-13-15-17-18-19-20-21-23-24-26-28-30-32-34-41(62)40(58-45(63)35-33-31-29-27-25-22-16-14-12-10-8-6-4-2)39-71-55-51(69)48(66)53(43(37-60)73-55)76-57-52(70)49(67)54(44(38-61)74-57)75-56-50(68)47(65)46(64)42(36-59)72-56/h24,26,32,34,40-44,46-57,59-62,64-70H,3-23,25,27-31,33,35-39H2,1-2H3,(H,58,63)/b26-24+,34-32+. The van der Waals surface area contributed by atoms with Crippen LogP contribution in [0.15, 0.2) is 24.3 Å². The smallest absolute Gasteiger partial charge is 0.220 e. The van der Waals surface area contributed by atoms with E-state index in [4.69, 9.17) is 28.4 Å². The van der Waals surface area contributed by atoms with Crippen LogP contribution in [0.25, 0.3) is 0 Å². The molecule has 3 aliphatic rings. The lowest BCUT2D eigenvalue weighted by Crippen LogP contribution is -2.66. The second kappa shape index (κ2) is 41.3. The zero-order valence-electron chi connectivity index (χ0n) is 46.2. The number of carbonyl (C=O) groups is 1. The maximum atomic E-state index is 13.3. The molecule has 76 heavy (non-hydrogen) atoms. The van der Waals surface area contributed by atoms with Gasteiger partial charge in [0.25, 0.3) is 0 Å². The molecule has 12 N–H and O–H groups in total. The Morgan fingerprint density at radius 3 is 1.32 bits per heavy atom. The van der Waals surface area contributed by atoms with E-state index >= 15 is 0 Å². The van der Waals surface area contributed by atoms with Crippen molar-refractivity contribution in [3.05, 3.63) is 24.3 Å². The molecule has 0 aliphatic carbocycles. The van der Waals surface area contributed by atoms with Crippen LogP contribution in [0.3, 0.4) is 0 Å². The van der Waals surface area contributed by atoms with E-state index in [-0.39, 0.29) is 18.9 Å². The van der Waals surface area contributed by atoms with Gasteiger partial charge in [-0.2, -0.15) is 0 Å². The molecule has 0 saturated carbocycles. The van der Waals surface area contributed by atoms with Crippen molar-refractivity contribution in [3.63, 3.8) is 0 Å². The van der Waals surface area contributed by atoms with E-state index in [1.54, 1.807) is 6.08 Å². The molecule has 1 amide bonds. The van der Waals surface area contributed by atoms with Gasteiger partial charge < -0.3 is 89.9 Å². The molecule has 0 aromatic heterocycles. The summed E-state index contributed by atoms with van der Waals surface area (Å²) in [6.45, 7) is 1.70. The quantitative estimate of drug-likeness (QED) is 0.0289. The normalized spacial score (nSPS) is 31.1. The predicted octanol–water partition coefficient (Wildman–Crippen LogP) is 4.76. The topological polar surface area (TPSA) is 307 Å². The van der Waals surface area contributed by atoms with E-state index in [1.807, 2.05) is 6.08 Å². The van der Waals surface area contributed by atoms with E-state index in [0.717, 1.165) is 38.5 Å². The Hall–Kier alpha value is -1.73. The number of carbonyl (C=O) groups excluding carboxylic acids is 1. The molecule has 3 rings (SSSR count). The lowest BCUT2D eigenvalue weighted by atomic mass is 9.96. The van der Waals surface area contributed by atoms with Gasteiger partial charge >= 0.3 is 0 Å². The van der Waals surface area contributed by atoms with Crippen molar-refractivity contribution >= 4 is 5.91 Å². The fraction of sp³-hybridized carbons (Fsp3) is 0.912. The molecule has 0 radical (unpaired) electrons. The molecule has 0 bridgehead atoms. The fourth-order valence-corrected chi connectivity index (χ4v) is 10.1. The van der Waals surface area contributed by atoms with Gasteiger partial charge in [-0.25, -0.2) is 0 Å². The van der Waals surface area contributed by atoms with Crippen LogP contribution >= 0.6 is 0 Å². The third kappa shape index (κ3) is 25.4. The minimum Gasteiger partial charge on any atom is -0.394 e. The summed E-state index contributed by atoms with van der Waals surface area (Å²) in [6.07, 6.45) is 14.5.